The van der Waals surface area contributed by atoms with Gasteiger partial charge < -0.3 is 5.73 Å². The Bertz CT molecular complexity index is 748. The summed E-state index contributed by atoms with van der Waals surface area (Å²) in [4.78, 5) is 4.28. The number of aromatic nitrogens is 1. The molecule has 0 aliphatic heterocycles. The smallest absolute Gasteiger partial charge is 0.240 e. The summed E-state index contributed by atoms with van der Waals surface area (Å²) in [5, 5.41) is 0.213. The zero-order chi connectivity index (χ0) is 15.5. The number of hydrogen-bond acceptors (Lipinski definition) is 4. The fourth-order valence-electron chi connectivity index (χ4n) is 1.87. The van der Waals surface area contributed by atoms with Crippen LogP contribution in [0.5, 0.6) is 0 Å². The number of benzene rings is 1. The average Bonchev–Trinajstić information content (AvgIpc) is 2.48. The predicted molar refractivity (Wildman–Crippen MR) is 83.5 cm³/mol. The summed E-state index contributed by atoms with van der Waals surface area (Å²) in [6, 6.07) is 7.98. The lowest BCUT2D eigenvalue weighted by molar-refractivity contribution is 0.580. The second-order valence-corrected chi connectivity index (χ2v) is 6.64. The molecule has 0 amide bonds. The van der Waals surface area contributed by atoms with Gasteiger partial charge in [-0.25, -0.2) is 13.1 Å². The highest BCUT2D eigenvalue weighted by molar-refractivity contribution is 7.89. The molecule has 0 unspecified atom stereocenters. The van der Waals surface area contributed by atoms with Crippen molar-refractivity contribution in [2.45, 2.75) is 24.8 Å². The Morgan fingerprint density at radius 1 is 1.33 bits per heavy atom. The lowest BCUT2D eigenvalue weighted by Gasteiger charge is -2.10. The third kappa shape index (κ3) is 3.72. The minimum atomic E-state index is -3.65. The molecule has 0 fully saturated rings. The van der Waals surface area contributed by atoms with Crippen molar-refractivity contribution in [1.82, 2.24) is 9.71 Å². The van der Waals surface area contributed by atoms with Crippen molar-refractivity contribution in [3.05, 3.63) is 52.8 Å². The monoisotopic (exact) mass is 325 g/mol. The first-order valence-corrected chi connectivity index (χ1v) is 8.27. The number of nitrogens with two attached hydrogens (primary N) is 1. The molecule has 7 heteroatoms. The highest BCUT2D eigenvalue weighted by Crippen LogP contribution is 2.22. The van der Waals surface area contributed by atoms with Crippen LogP contribution < -0.4 is 10.5 Å². The van der Waals surface area contributed by atoms with Crippen LogP contribution in [0.4, 0.5) is 5.69 Å². The molecule has 2 aromatic rings. The van der Waals surface area contributed by atoms with E-state index in [9.17, 15) is 8.42 Å². The minimum Gasteiger partial charge on any atom is -0.398 e. The molecule has 21 heavy (non-hydrogen) atoms. The molecule has 0 bridgehead atoms. The molecule has 1 aromatic carbocycles. The number of sulfonamides is 1. The molecule has 0 aliphatic rings. The summed E-state index contributed by atoms with van der Waals surface area (Å²) in [6.45, 7) is 2.13. The van der Waals surface area contributed by atoms with Crippen LogP contribution in [-0.2, 0) is 23.0 Å². The molecular formula is C14H16ClN3O2S. The van der Waals surface area contributed by atoms with Gasteiger partial charge in [0.2, 0.25) is 10.0 Å². The number of nitrogens with one attached hydrogen (secondary N) is 1. The Balaban J connectivity index is 2.20. The van der Waals surface area contributed by atoms with Gasteiger partial charge in [0.1, 0.15) is 0 Å². The van der Waals surface area contributed by atoms with Crippen LogP contribution in [0.1, 0.15) is 18.2 Å². The Morgan fingerprint density at radius 3 is 2.76 bits per heavy atom. The van der Waals surface area contributed by atoms with Crippen LogP contribution in [0.3, 0.4) is 0 Å². The number of anilines is 1. The molecule has 1 aromatic heterocycles. The molecule has 0 aliphatic carbocycles. The molecule has 0 radical (unpaired) electrons. The zero-order valence-corrected chi connectivity index (χ0v) is 13.1. The summed E-state index contributed by atoms with van der Waals surface area (Å²) in [7, 11) is -3.65. The largest absolute Gasteiger partial charge is 0.398 e. The van der Waals surface area contributed by atoms with Gasteiger partial charge in [0.15, 0.2) is 0 Å². The first-order valence-electron chi connectivity index (χ1n) is 6.41. The fourth-order valence-corrected chi connectivity index (χ4v) is 3.13. The Labute approximate surface area is 129 Å². The van der Waals surface area contributed by atoms with E-state index in [1.807, 2.05) is 19.1 Å². The molecule has 0 saturated heterocycles. The van der Waals surface area contributed by atoms with E-state index >= 15 is 0 Å². The van der Waals surface area contributed by atoms with Gasteiger partial charge in [0.25, 0.3) is 0 Å². The van der Waals surface area contributed by atoms with Crippen LogP contribution in [0.25, 0.3) is 0 Å². The quantitative estimate of drug-likeness (QED) is 0.826. The summed E-state index contributed by atoms with van der Waals surface area (Å²) in [5.74, 6) is 0. The topological polar surface area (TPSA) is 85.1 Å². The predicted octanol–water partition coefficient (Wildman–Crippen LogP) is 2.36. The van der Waals surface area contributed by atoms with Crippen LogP contribution in [0.15, 0.2) is 41.4 Å². The van der Waals surface area contributed by atoms with Crippen LogP contribution >= 0.6 is 11.6 Å². The van der Waals surface area contributed by atoms with Gasteiger partial charge >= 0.3 is 0 Å². The van der Waals surface area contributed by atoms with Crippen molar-refractivity contribution >= 4 is 27.3 Å². The average molecular weight is 326 g/mol. The number of hydrogen-bond donors (Lipinski definition) is 2. The van der Waals surface area contributed by atoms with Gasteiger partial charge in [-0.05, 0) is 36.2 Å². The summed E-state index contributed by atoms with van der Waals surface area (Å²) < 4.78 is 27.0. The Kier molecular flexibility index (Phi) is 4.82. The molecule has 112 valence electrons. The van der Waals surface area contributed by atoms with Crippen LogP contribution in [0, 0.1) is 0 Å². The third-order valence-corrected chi connectivity index (χ3v) is 4.80. The van der Waals surface area contributed by atoms with E-state index in [0.717, 1.165) is 12.0 Å². The van der Waals surface area contributed by atoms with Crippen molar-refractivity contribution in [1.29, 1.82) is 0 Å². The molecule has 0 atom stereocenters. The maximum absolute atomic E-state index is 12.2. The van der Waals surface area contributed by atoms with Gasteiger partial charge in [0.05, 0.1) is 27.8 Å². The minimum absolute atomic E-state index is 0.0793. The fraction of sp³-hybridized carbons (Fsp3) is 0.214. The molecule has 0 saturated carbocycles. The molecule has 0 spiro atoms. The maximum Gasteiger partial charge on any atom is 0.240 e. The Hall–Kier alpha value is -1.63. The SMILES string of the molecule is CCc1cccnc1CNS(=O)(=O)c1ccc(N)c(Cl)c1. The van der Waals surface area contributed by atoms with Crippen LogP contribution in [-0.4, -0.2) is 13.4 Å². The van der Waals surface area contributed by atoms with E-state index in [1.54, 1.807) is 6.20 Å². The van der Waals surface area contributed by atoms with Crippen LogP contribution in [0.2, 0.25) is 5.02 Å². The van der Waals surface area contributed by atoms with E-state index in [2.05, 4.69) is 9.71 Å². The number of nitrogens with zero attached hydrogens (tertiary/aromatic N) is 1. The summed E-state index contributed by atoms with van der Waals surface area (Å²) in [6.07, 6.45) is 2.43. The lowest BCUT2D eigenvalue weighted by atomic mass is 10.1. The second-order valence-electron chi connectivity index (χ2n) is 4.47. The number of aryl methyl sites for hydroxylation is 1. The number of rotatable bonds is 5. The third-order valence-electron chi connectivity index (χ3n) is 3.08. The number of nitrogen functional groups attached to an aromatic ring is 1. The number of halogens is 1. The summed E-state index contributed by atoms with van der Waals surface area (Å²) >= 11 is 5.86. The van der Waals surface area contributed by atoms with E-state index < -0.39 is 10.0 Å². The highest BCUT2D eigenvalue weighted by Gasteiger charge is 2.16. The van der Waals surface area contributed by atoms with Crippen molar-refractivity contribution in [2.75, 3.05) is 5.73 Å². The van der Waals surface area contributed by atoms with E-state index in [-0.39, 0.29) is 16.5 Å². The number of pyridine rings is 1. The lowest BCUT2D eigenvalue weighted by Crippen LogP contribution is -2.24. The highest BCUT2D eigenvalue weighted by atomic mass is 35.5. The van der Waals surface area contributed by atoms with Gasteiger partial charge in [0, 0.05) is 6.20 Å². The molecule has 1 heterocycles. The zero-order valence-electron chi connectivity index (χ0n) is 11.5. The first kappa shape index (κ1) is 15.8. The van der Waals surface area contributed by atoms with Crippen molar-refractivity contribution < 1.29 is 8.42 Å². The van der Waals surface area contributed by atoms with Gasteiger partial charge in [-0.3, -0.25) is 4.98 Å². The normalized spacial score (nSPS) is 11.5. The van der Waals surface area contributed by atoms with Crippen molar-refractivity contribution in [3.63, 3.8) is 0 Å². The van der Waals surface area contributed by atoms with Gasteiger partial charge in [-0.1, -0.05) is 24.6 Å². The van der Waals surface area contributed by atoms with E-state index in [4.69, 9.17) is 17.3 Å². The first-order chi connectivity index (χ1) is 9.94. The Morgan fingerprint density at radius 2 is 2.10 bits per heavy atom. The van der Waals surface area contributed by atoms with E-state index in [0.29, 0.717) is 11.4 Å². The van der Waals surface area contributed by atoms with E-state index in [1.165, 1.54) is 18.2 Å². The molecule has 5 nitrogen and oxygen atoms in total. The standard InChI is InChI=1S/C14H16ClN3O2S/c1-2-10-4-3-7-17-14(10)9-18-21(19,20)11-5-6-13(16)12(15)8-11/h3-8,18H,2,9,16H2,1H3. The molecular weight excluding hydrogens is 310 g/mol. The second kappa shape index (κ2) is 6.43. The summed E-state index contributed by atoms with van der Waals surface area (Å²) in [5.41, 5.74) is 7.64. The van der Waals surface area contributed by atoms with Crippen molar-refractivity contribution in [2.24, 2.45) is 0 Å². The van der Waals surface area contributed by atoms with Gasteiger partial charge in [-0.2, -0.15) is 0 Å². The molecule has 3 N–H and O–H groups in total. The molecule has 2 rings (SSSR count). The van der Waals surface area contributed by atoms with Gasteiger partial charge in [-0.15, -0.1) is 0 Å². The van der Waals surface area contributed by atoms with Crippen molar-refractivity contribution in [3.8, 4) is 0 Å². The maximum atomic E-state index is 12.2.